The number of benzene rings is 1. The minimum Gasteiger partial charge on any atom is -0.379 e. The Bertz CT molecular complexity index is 1590. The zero-order valence-corrected chi connectivity index (χ0v) is 35.7. The van der Waals surface area contributed by atoms with E-state index in [0.717, 1.165) is 5.56 Å². The number of carbonyl (C=O) groups excluding carboxylic acids is 5. The van der Waals surface area contributed by atoms with Crippen LogP contribution in [0.3, 0.4) is 0 Å². The molecule has 0 radical (unpaired) electrons. The van der Waals surface area contributed by atoms with E-state index >= 15 is 0 Å². The lowest BCUT2D eigenvalue weighted by molar-refractivity contribution is -0.147. The molecule has 9 atom stereocenters. The van der Waals surface area contributed by atoms with Gasteiger partial charge in [-0.2, -0.15) is 0 Å². The van der Waals surface area contributed by atoms with Gasteiger partial charge in [-0.05, 0) is 57.1 Å². The van der Waals surface area contributed by atoms with Gasteiger partial charge in [-0.1, -0.05) is 71.4 Å². The number of carbonyl (C=O) groups is 5. The molecule has 316 valence electrons. The fourth-order valence-electron chi connectivity index (χ4n) is 7.78. The third kappa shape index (κ3) is 12.2. The van der Waals surface area contributed by atoms with Crippen LogP contribution in [-0.4, -0.2) is 130 Å². The highest BCUT2D eigenvalue weighted by atomic mass is 32.2. The van der Waals surface area contributed by atoms with Crippen molar-refractivity contribution in [2.45, 2.75) is 134 Å². The Balaban J connectivity index is 1.76. The first kappa shape index (κ1) is 46.8. The molecule has 1 aliphatic heterocycles. The molecular formula is C40H66N6O9S. The lowest BCUT2D eigenvalue weighted by Crippen LogP contribution is -2.57. The summed E-state index contributed by atoms with van der Waals surface area (Å²) in [5.74, 6) is -3.00. The number of hydrogen-bond donors (Lipinski definition) is 4. The minimum absolute atomic E-state index is 0.0158. The van der Waals surface area contributed by atoms with Gasteiger partial charge < -0.3 is 35.2 Å². The predicted molar refractivity (Wildman–Crippen MR) is 214 cm³/mol. The van der Waals surface area contributed by atoms with Crippen molar-refractivity contribution in [2.24, 2.45) is 17.8 Å². The van der Waals surface area contributed by atoms with Crippen molar-refractivity contribution in [1.29, 1.82) is 0 Å². The predicted octanol–water partition coefficient (Wildman–Crippen LogP) is 1.99. The van der Waals surface area contributed by atoms with Crippen molar-refractivity contribution >= 4 is 39.6 Å². The van der Waals surface area contributed by atoms with Gasteiger partial charge in [0.1, 0.15) is 12.1 Å². The van der Waals surface area contributed by atoms with E-state index in [1.54, 1.807) is 62.0 Å². The summed E-state index contributed by atoms with van der Waals surface area (Å²) in [6, 6.07) is 5.59. The van der Waals surface area contributed by atoms with Gasteiger partial charge in [-0.3, -0.25) is 28.7 Å². The second kappa shape index (κ2) is 21.2. The normalized spacial score (nSPS) is 20.2. The van der Waals surface area contributed by atoms with E-state index < -0.39 is 75.4 Å². The summed E-state index contributed by atoms with van der Waals surface area (Å²) in [6.45, 7) is 11.6. The van der Waals surface area contributed by atoms with Crippen LogP contribution < -0.4 is 20.7 Å². The van der Waals surface area contributed by atoms with Gasteiger partial charge >= 0.3 is 0 Å². The van der Waals surface area contributed by atoms with Crippen molar-refractivity contribution in [3.63, 3.8) is 0 Å². The number of hydrogen-bond acceptors (Lipinski definition) is 10. The highest BCUT2D eigenvalue weighted by Gasteiger charge is 2.43. The van der Waals surface area contributed by atoms with Crippen molar-refractivity contribution in [3.8, 4) is 0 Å². The number of nitrogens with zero attached hydrogens (tertiary/aromatic N) is 2. The van der Waals surface area contributed by atoms with Gasteiger partial charge in [0.05, 0.1) is 47.9 Å². The summed E-state index contributed by atoms with van der Waals surface area (Å²) in [5, 5.41) is 8.00. The minimum atomic E-state index is -3.85. The second-order valence-electron chi connectivity index (χ2n) is 15.8. The quantitative estimate of drug-likeness (QED) is 0.135. The highest BCUT2D eigenvalue weighted by molar-refractivity contribution is 7.90. The average molecular weight is 807 g/mol. The van der Waals surface area contributed by atoms with Crippen molar-refractivity contribution in [2.75, 3.05) is 34.9 Å². The Morgan fingerprint density at radius 1 is 0.911 bits per heavy atom. The first-order valence-corrected chi connectivity index (χ1v) is 21.5. The molecule has 9 unspecified atom stereocenters. The van der Waals surface area contributed by atoms with E-state index in [2.05, 4.69) is 20.7 Å². The molecule has 2 fully saturated rings. The highest BCUT2D eigenvalue weighted by Crippen LogP contribution is 2.30. The van der Waals surface area contributed by atoms with E-state index in [1.165, 1.54) is 14.2 Å². The molecule has 56 heavy (non-hydrogen) atoms. The number of sulfonamides is 1. The van der Waals surface area contributed by atoms with Crippen LogP contribution in [0.5, 0.6) is 0 Å². The fraction of sp³-hybridized carbons (Fsp3) is 0.725. The molecule has 1 heterocycles. The van der Waals surface area contributed by atoms with E-state index in [-0.39, 0.29) is 42.4 Å². The molecule has 1 aromatic carbocycles. The number of nitrogens with one attached hydrogen (secondary N) is 4. The SMILES string of the molecule is CCC(C)C(C(CC(=O)N1CCCC1C(OC)C(C)C(=O)NC(Cc1ccccc1)C(=O)NS(=O)(=O)C1CC1)OC)N(C)C(=O)C(C)NC(=O)C(NC)C(C)C. The van der Waals surface area contributed by atoms with Gasteiger partial charge in [0.25, 0.3) is 5.91 Å². The molecule has 0 aromatic heterocycles. The molecule has 2 aliphatic rings. The van der Waals surface area contributed by atoms with Crippen LogP contribution in [0.15, 0.2) is 30.3 Å². The molecule has 1 aromatic rings. The number of methoxy groups -OCH3 is 2. The number of likely N-dealkylation sites (tertiary alicyclic amines) is 1. The summed E-state index contributed by atoms with van der Waals surface area (Å²) in [4.78, 5) is 71.3. The molecular weight excluding hydrogens is 741 g/mol. The van der Waals surface area contributed by atoms with Crippen LogP contribution in [0.2, 0.25) is 0 Å². The molecule has 1 saturated heterocycles. The van der Waals surface area contributed by atoms with Crippen LogP contribution in [0.25, 0.3) is 0 Å². The molecule has 0 bridgehead atoms. The van der Waals surface area contributed by atoms with Crippen LogP contribution in [-0.2, 0) is 49.9 Å². The molecule has 16 heteroatoms. The maximum absolute atomic E-state index is 14.2. The Morgan fingerprint density at radius 3 is 2.09 bits per heavy atom. The Kier molecular flexibility index (Phi) is 17.7. The zero-order valence-electron chi connectivity index (χ0n) is 34.9. The maximum atomic E-state index is 14.2. The summed E-state index contributed by atoms with van der Waals surface area (Å²) in [5.41, 5.74) is 0.740. The third-order valence-electron chi connectivity index (χ3n) is 11.4. The van der Waals surface area contributed by atoms with Crippen molar-refractivity contribution in [3.05, 3.63) is 35.9 Å². The summed E-state index contributed by atoms with van der Waals surface area (Å²) in [6.07, 6.45) is 1.52. The lowest BCUT2D eigenvalue weighted by atomic mass is 9.90. The number of ether oxygens (including phenoxy) is 2. The average Bonchev–Trinajstić information content (AvgIpc) is 3.92. The van der Waals surface area contributed by atoms with Crippen molar-refractivity contribution < 1.29 is 41.9 Å². The van der Waals surface area contributed by atoms with Crippen LogP contribution >= 0.6 is 0 Å². The Morgan fingerprint density at radius 2 is 1.55 bits per heavy atom. The number of likely N-dealkylation sites (N-methyl/N-ethyl adjacent to an activating group) is 2. The van der Waals surface area contributed by atoms with Gasteiger partial charge in [-0.25, -0.2) is 8.42 Å². The topological polar surface area (TPSA) is 193 Å². The molecule has 3 rings (SSSR count). The molecule has 1 aliphatic carbocycles. The molecule has 4 N–H and O–H groups in total. The lowest BCUT2D eigenvalue weighted by Gasteiger charge is -2.40. The second-order valence-corrected chi connectivity index (χ2v) is 17.8. The van der Waals surface area contributed by atoms with Gasteiger partial charge in [0, 0.05) is 34.2 Å². The van der Waals surface area contributed by atoms with E-state index in [4.69, 9.17) is 9.47 Å². The maximum Gasteiger partial charge on any atom is 0.256 e. The van der Waals surface area contributed by atoms with E-state index in [1.807, 2.05) is 33.8 Å². The smallest absolute Gasteiger partial charge is 0.256 e. The van der Waals surface area contributed by atoms with Crippen LogP contribution in [0.4, 0.5) is 0 Å². The van der Waals surface area contributed by atoms with Gasteiger partial charge in [0.15, 0.2) is 0 Å². The molecule has 15 nitrogen and oxygen atoms in total. The monoisotopic (exact) mass is 806 g/mol. The zero-order chi connectivity index (χ0) is 41.9. The van der Waals surface area contributed by atoms with E-state index in [9.17, 15) is 32.4 Å². The molecule has 0 spiro atoms. The van der Waals surface area contributed by atoms with Gasteiger partial charge in [0.2, 0.25) is 33.7 Å². The van der Waals surface area contributed by atoms with Crippen molar-refractivity contribution in [1.82, 2.24) is 30.5 Å². The summed E-state index contributed by atoms with van der Waals surface area (Å²) < 4.78 is 39.3. The largest absolute Gasteiger partial charge is 0.379 e. The first-order valence-electron chi connectivity index (χ1n) is 19.9. The Hall–Kier alpha value is -3.60. The Labute approximate surface area is 333 Å². The number of amides is 5. The fourth-order valence-corrected chi connectivity index (χ4v) is 9.12. The standard InChI is InChI=1S/C40H66N6O9S/c1-11-25(4)35(45(8)40(51)27(6)42-39(50)34(41-7)24(2)3)32(54-9)23-33(47)46-21-15-18-31(46)36(55-10)26(5)37(48)43-30(22-28-16-13-12-14-17-28)38(49)44-56(52,53)29-19-20-29/h12-14,16-17,24-27,29-32,34-36,41H,11,15,18-23H2,1-10H3,(H,42,50)(H,43,48)(H,44,49). The third-order valence-corrected chi connectivity index (χ3v) is 13.2. The van der Waals surface area contributed by atoms with Crippen LogP contribution in [0.1, 0.15) is 85.6 Å². The molecule has 5 amide bonds. The summed E-state index contributed by atoms with van der Waals surface area (Å²) >= 11 is 0. The summed E-state index contributed by atoms with van der Waals surface area (Å²) in [7, 11) is 2.51. The first-order chi connectivity index (χ1) is 26.4. The van der Waals surface area contributed by atoms with Crippen LogP contribution in [0, 0.1) is 17.8 Å². The van der Waals surface area contributed by atoms with E-state index in [0.29, 0.717) is 38.6 Å². The number of rotatable bonds is 22. The van der Waals surface area contributed by atoms with Gasteiger partial charge in [-0.15, -0.1) is 0 Å². The molecule has 1 saturated carbocycles.